The number of Topliss-reactive ketones (excluding diaryl/α,β-unsaturated/α-hetero) is 1. The molecule has 1 fully saturated rings. The van der Waals surface area contributed by atoms with Crippen LogP contribution in [0.3, 0.4) is 0 Å². The standard InChI is InChI=1S/C21H28O2/c1-13(2)15-11-14-7-8-18-20(3,4)19(22)9-10-21(18,5)16(14)12-17(15)23-6/h8,11-13H,7,9-10H2,1-6H3/t21-/m1/s1. The fourth-order valence-electron chi connectivity index (χ4n) is 4.58. The maximum absolute atomic E-state index is 12.4. The average molecular weight is 312 g/mol. The molecule has 0 unspecified atom stereocenters. The molecule has 1 atom stereocenters. The molecule has 2 heteroatoms. The van der Waals surface area contributed by atoms with Gasteiger partial charge in [0.2, 0.25) is 0 Å². The summed E-state index contributed by atoms with van der Waals surface area (Å²) < 4.78 is 5.68. The summed E-state index contributed by atoms with van der Waals surface area (Å²) >= 11 is 0. The molecule has 3 rings (SSSR count). The van der Waals surface area contributed by atoms with Gasteiger partial charge in [0.15, 0.2) is 0 Å². The summed E-state index contributed by atoms with van der Waals surface area (Å²) in [7, 11) is 1.75. The number of allylic oxidation sites excluding steroid dienone is 2. The third-order valence-electron chi connectivity index (χ3n) is 6.02. The molecular weight excluding hydrogens is 284 g/mol. The normalized spacial score (nSPS) is 25.7. The lowest BCUT2D eigenvalue weighted by molar-refractivity contribution is -0.127. The zero-order chi connectivity index (χ0) is 17.0. The molecule has 0 radical (unpaired) electrons. The Bertz CT molecular complexity index is 694. The van der Waals surface area contributed by atoms with Gasteiger partial charge in [0, 0.05) is 17.3 Å². The van der Waals surface area contributed by atoms with E-state index in [4.69, 9.17) is 4.74 Å². The van der Waals surface area contributed by atoms with E-state index in [1.54, 1.807) is 7.11 Å². The molecule has 0 heterocycles. The Morgan fingerprint density at radius 1 is 1.17 bits per heavy atom. The van der Waals surface area contributed by atoms with Gasteiger partial charge in [-0.25, -0.2) is 0 Å². The predicted molar refractivity (Wildman–Crippen MR) is 94.2 cm³/mol. The second-order valence-electron chi connectivity index (χ2n) is 8.11. The number of carbonyl (C=O) groups is 1. The minimum absolute atomic E-state index is 0.0478. The van der Waals surface area contributed by atoms with Crippen LogP contribution in [0.25, 0.3) is 0 Å². The summed E-state index contributed by atoms with van der Waals surface area (Å²) in [5.41, 5.74) is 4.93. The van der Waals surface area contributed by atoms with E-state index in [9.17, 15) is 4.79 Å². The average Bonchev–Trinajstić information content (AvgIpc) is 2.50. The van der Waals surface area contributed by atoms with E-state index >= 15 is 0 Å². The maximum Gasteiger partial charge on any atom is 0.142 e. The zero-order valence-corrected chi connectivity index (χ0v) is 15.2. The third-order valence-corrected chi connectivity index (χ3v) is 6.02. The van der Waals surface area contributed by atoms with Crippen molar-refractivity contribution in [1.82, 2.24) is 0 Å². The Balaban J connectivity index is 2.19. The molecule has 1 saturated carbocycles. The maximum atomic E-state index is 12.4. The highest BCUT2D eigenvalue weighted by molar-refractivity contribution is 5.90. The van der Waals surface area contributed by atoms with Crippen molar-refractivity contribution in [3.05, 3.63) is 40.5 Å². The predicted octanol–water partition coefficient (Wildman–Crippen LogP) is 4.95. The summed E-state index contributed by atoms with van der Waals surface area (Å²) in [6, 6.07) is 4.56. The van der Waals surface area contributed by atoms with Crippen LogP contribution in [-0.4, -0.2) is 12.9 Å². The van der Waals surface area contributed by atoms with E-state index in [1.807, 2.05) is 0 Å². The third kappa shape index (κ3) is 2.26. The molecular formula is C21H28O2. The van der Waals surface area contributed by atoms with E-state index in [0.717, 1.165) is 18.6 Å². The van der Waals surface area contributed by atoms with Crippen molar-refractivity contribution in [2.24, 2.45) is 5.41 Å². The van der Waals surface area contributed by atoms with Crippen molar-refractivity contribution >= 4 is 5.78 Å². The van der Waals surface area contributed by atoms with E-state index < -0.39 is 0 Å². The number of hydrogen-bond acceptors (Lipinski definition) is 2. The summed E-state index contributed by atoms with van der Waals surface area (Å²) in [5, 5.41) is 0. The molecule has 2 aliphatic carbocycles. The van der Waals surface area contributed by atoms with E-state index in [-0.39, 0.29) is 10.8 Å². The largest absolute Gasteiger partial charge is 0.496 e. The summed E-state index contributed by atoms with van der Waals surface area (Å²) in [5.74, 6) is 1.80. The fourth-order valence-corrected chi connectivity index (χ4v) is 4.58. The van der Waals surface area contributed by atoms with Gasteiger partial charge >= 0.3 is 0 Å². The van der Waals surface area contributed by atoms with Crippen LogP contribution >= 0.6 is 0 Å². The number of rotatable bonds is 2. The van der Waals surface area contributed by atoms with E-state index in [0.29, 0.717) is 18.1 Å². The van der Waals surface area contributed by atoms with Crippen molar-refractivity contribution in [3.63, 3.8) is 0 Å². The number of ether oxygens (including phenoxy) is 1. The highest BCUT2D eigenvalue weighted by Crippen LogP contribution is 2.54. The molecule has 1 aromatic rings. The van der Waals surface area contributed by atoms with Gasteiger partial charge in [0.05, 0.1) is 7.11 Å². The molecule has 2 nitrogen and oxygen atoms in total. The highest BCUT2D eigenvalue weighted by atomic mass is 16.5. The number of benzene rings is 1. The molecule has 0 saturated heterocycles. The lowest BCUT2D eigenvalue weighted by Crippen LogP contribution is -2.45. The second-order valence-corrected chi connectivity index (χ2v) is 8.11. The first kappa shape index (κ1) is 16.3. The van der Waals surface area contributed by atoms with Crippen LogP contribution in [0, 0.1) is 5.41 Å². The molecule has 0 aromatic heterocycles. The number of methoxy groups -OCH3 is 1. The monoisotopic (exact) mass is 312 g/mol. The number of fused-ring (bicyclic) bond motifs is 3. The first-order valence-corrected chi connectivity index (χ1v) is 8.67. The quantitative estimate of drug-likeness (QED) is 0.722. The van der Waals surface area contributed by atoms with Crippen LogP contribution in [0.4, 0.5) is 0 Å². The molecule has 23 heavy (non-hydrogen) atoms. The molecule has 0 amide bonds. The fraction of sp³-hybridized carbons (Fsp3) is 0.571. The lowest BCUT2D eigenvalue weighted by Gasteiger charge is -2.48. The van der Waals surface area contributed by atoms with Crippen molar-refractivity contribution in [2.45, 2.75) is 65.2 Å². The zero-order valence-electron chi connectivity index (χ0n) is 15.2. The topological polar surface area (TPSA) is 26.3 Å². The molecule has 0 spiro atoms. The molecule has 1 aromatic carbocycles. The number of hydrogen-bond donors (Lipinski definition) is 0. The van der Waals surface area contributed by atoms with Gasteiger partial charge in [0.1, 0.15) is 11.5 Å². The van der Waals surface area contributed by atoms with Crippen molar-refractivity contribution in [3.8, 4) is 5.75 Å². The van der Waals surface area contributed by atoms with Crippen LogP contribution in [-0.2, 0) is 16.6 Å². The van der Waals surface area contributed by atoms with E-state index in [1.165, 1.54) is 22.3 Å². The van der Waals surface area contributed by atoms with Gasteiger partial charge in [-0.15, -0.1) is 0 Å². The molecule has 0 bridgehead atoms. The van der Waals surface area contributed by atoms with Crippen molar-refractivity contribution in [1.29, 1.82) is 0 Å². The lowest BCUT2D eigenvalue weighted by atomic mass is 9.55. The van der Waals surface area contributed by atoms with Crippen LogP contribution in [0.2, 0.25) is 0 Å². The number of carbonyl (C=O) groups excluding carboxylic acids is 1. The van der Waals surface area contributed by atoms with Crippen molar-refractivity contribution < 1.29 is 9.53 Å². The molecule has 2 aliphatic rings. The van der Waals surface area contributed by atoms with Crippen LogP contribution < -0.4 is 4.74 Å². The molecule has 0 aliphatic heterocycles. The summed E-state index contributed by atoms with van der Waals surface area (Å²) in [6.45, 7) is 10.9. The molecule has 0 N–H and O–H groups in total. The Hall–Kier alpha value is -1.57. The second kappa shape index (κ2) is 5.22. The highest BCUT2D eigenvalue weighted by Gasteiger charge is 2.49. The van der Waals surface area contributed by atoms with Gasteiger partial charge in [-0.2, -0.15) is 0 Å². The number of ketones is 1. The van der Waals surface area contributed by atoms with Gasteiger partial charge in [-0.1, -0.05) is 38.5 Å². The van der Waals surface area contributed by atoms with E-state index in [2.05, 4.69) is 52.8 Å². The smallest absolute Gasteiger partial charge is 0.142 e. The Morgan fingerprint density at radius 3 is 2.48 bits per heavy atom. The van der Waals surface area contributed by atoms with Crippen LogP contribution in [0.15, 0.2) is 23.8 Å². The summed E-state index contributed by atoms with van der Waals surface area (Å²) in [4.78, 5) is 12.4. The minimum atomic E-state index is -0.353. The Labute approximate surface area is 139 Å². The van der Waals surface area contributed by atoms with Gasteiger partial charge in [-0.3, -0.25) is 4.79 Å². The van der Waals surface area contributed by atoms with Crippen molar-refractivity contribution in [2.75, 3.05) is 7.11 Å². The van der Waals surface area contributed by atoms with Gasteiger partial charge in [-0.05, 0) is 55.4 Å². The Morgan fingerprint density at radius 2 is 1.87 bits per heavy atom. The summed E-state index contributed by atoms with van der Waals surface area (Å²) in [6.07, 6.45) is 4.80. The first-order chi connectivity index (χ1) is 10.7. The van der Waals surface area contributed by atoms with Gasteiger partial charge in [0.25, 0.3) is 0 Å². The van der Waals surface area contributed by atoms with Crippen LogP contribution in [0.5, 0.6) is 5.75 Å². The Kier molecular flexibility index (Phi) is 3.70. The minimum Gasteiger partial charge on any atom is -0.496 e. The SMILES string of the molecule is COc1cc2c(cc1C(C)C)CC=C1C(C)(C)C(=O)CC[C@@]12C. The first-order valence-electron chi connectivity index (χ1n) is 8.67. The molecule has 124 valence electrons. The van der Waals surface area contributed by atoms with Crippen LogP contribution in [0.1, 0.15) is 70.1 Å². The van der Waals surface area contributed by atoms with Gasteiger partial charge < -0.3 is 4.74 Å².